The number of rotatable bonds is 5. The third kappa shape index (κ3) is 2.75. The molecule has 0 amide bonds. The number of carbonyl (C=O) groups excluding carboxylic acids is 1. The molecule has 32 heavy (non-hydrogen) atoms. The van der Waals surface area contributed by atoms with Crippen molar-refractivity contribution >= 4 is 22.2 Å². The minimum Gasteiger partial charge on any atom is -0.493 e. The molecular formula is C22H25FN2O6S. The molecule has 1 aromatic rings. The van der Waals surface area contributed by atoms with Crippen LogP contribution in [0.1, 0.15) is 31.7 Å². The number of ether oxygens (including phenoxy) is 2. The van der Waals surface area contributed by atoms with Crippen LogP contribution < -0.4 is 14.2 Å². The Balaban J connectivity index is 1.80. The van der Waals surface area contributed by atoms with Gasteiger partial charge in [-0.2, -0.15) is 8.42 Å². The standard InChI is InChI=1S/C22H25FN2O6S/c1-4-21-6-5-8-25-9-7-22(20(21)25)14-10-17(31-32(23,27)28)16(29-2)11-15(14)24-18(22)13(12-21)19(26)30-3/h5-6,10-11,20,24H,4,7-9,12H2,1-3H3/t20-,21-,22-/m0/s1. The highest BCUT2D eigenvalue weighted by Crippen LogP contribution is 2.65. The molecule has 3 aliphatic heterocycles. The van der Waals surface area contributed by atoms with Crippen LogP contribution >= 0.6 is 0 Å². The number of methoxy groups -OCH3 is 2. The molecule has 4 aliphatic rings. The van der Waals surface area contributed by atoms with E-state index >= 15 is 0 Å². The predicted molar refractivity (Wildman–Crippen MR) is 114 cm³/mol. The molecule has 1 N–H and O–H groups in total. The summed E-state index contributed by atoms with van der Waals surface area (Å²) in [5.74, 6) is -0.533. The highest BCUT2D eigenvalue weighted by molar-refractivity contribution is 7.81. The van der Waals surface area contributed by atoms with Gasteiger partial charge in [-0.1, -0.05) is 23.0 Å². The Bertz CT molecular complexity index is 1180. The van der Waals surface area contributed by atoms with Gasteiger partial charge in [-0.05, 0) is 30.9 Å². The third-order valence-corrected chi connectivity index (χ3v) is 7.92. The summed E-state index contributed by atoms with van der Waals surface area (Å²) in [7, 11) is -2.53. The van der Waals surface area contributed by atoms with Crippen LogP contribution in [0.15, 0.2) is 35.6 Å². The molecule has 172 valence electrons. The Morgan fingerprint density at radius 1 is 1.31 bits per heavy atom. The minimum absolute atomic E-state index is 0.0467. The van der Waals surface area contributed by atoms with Crippen LogP contribution in [0, 0.1) is 5.41 Å². The average Bonchev–Trinajstić information content (AvgIpc) is 3.31. The summed E-state index contributed by atoms with van der Waals surface area (Å²) in [5.41, 5.74) is 1.91. The van der Waals surface area contributed by atoms with Crippen molar-refractivity contribution < 1.29 is 30.8 Å². The Morgan fingerprint density at radius 2 is 2.09 bits per heavy atom. The molecular weight excluding hydrogens is 439 g/mol. The number of nitrogens with one attached hydrogen (secondary N) is 1. The molecule has 1 fully saturated rings. The van der Waals surface area contributed by atoms with E-state index in [4.69, 9.17) is 9.47 Å². The lowest BCUT2D eigenvalue weighted by molar-refractivity contribution is -0.137. The fourth-order valence-electron chi connectivity index (χ4n) is 6.40. The number of nitrogens with zero attached hydrogens (tertiary/aromatic N) is 1. The van der Waals surface area contributed by atoms with E-state index in [0.717, 1.165) is 30.8 Å². The first-order chi connectivity index (χ1) is 15.2. The molecule has 8 nitrogen and oxygen atoms in total. The van der Waals surface area contributed by atoms with Crippen molar-refractivity contribution in [2.75, 3.05) is 32.6 Å². The number of carbonyl (C=O) groups is 1. The second kappa shape index (κ2) is 6.95. The van der Waals surface area contributed by atoms with E-state index in [1.807, 2.05) is 0 Å². The third-order valence-electron chi connectivity index (χ3n) is 7.54. The van der Waals surface area contributed by atoms with Crippen LogP contribution in [0.5, 0.6) is 11.5 Å². The maximum absolute atomic E-state index is 13.5. The van der Waals surface area contributed by atoms with Gasteiger partial charge in [0.15, 0.2) is 11.5 Å². The Labute approximate surface area is 186 Å². The van der Waals surface area contributed by atoms with E-state index < -0.39 is 21.9 Å². The molecule has 1 aromatic carbocycles. The molecule has 1 saturated heterocycles. The van der Waals surface area contributed by atoms with Crippen molar-refractivity contribution in [3.05, 3.63) is 41.1 Å². The van der Waals surface area contributed by atoms with Crippen LogP contribution in [0.25, 0.3) is 0 Å². The number of halogens is 1. The molecule has 3 heterocycles. The molecule has 0 bridgehead atoms. The highest BCUT2D eigenvalue weighted by Gasteiger charge is 2.65. The van der Waals surface area contributed by atoms with Crippen LogP contribution in [-0.2, 0) is 25.5 Å². The predicted octanol–water partition coefficient (Wildman–Crippen LogP) is 2.82. The molecule has 0 saturated carbocycles. The summed E-state index contributed by atoms with van der Waals surface area (Å²) in [6.45, 7) is 3.71. The summed E-state index contributed by atoms with van der Waals surface area (Å²) in [5, 5.41) is 3.41. The van der Waals surface area contributed by atoms with Gasteiger partial charge in [0.25, 0.3) is 0 Å². The Hall–Kier alpha value is -2.59. The van der Waals surface area contributed by atoms with Crippen molar-refractivity contribution in [1.82, 2.24) is 4.90 Å². The first kappa shape index (κ1) is 21.3. The zero-order chi connectivity index (χ0) is 22.9. The number of anilines is 1. The molecule has 0 aromatic heterocycles. The van der Waals surface area contributed by atoms with Gasteiger partial charge in [-0.3, -0.25) is 4.90 Å². The maximum atomic E-state index is 13.5. The Morgan fingerprint density at radius 3 is 2.75 bits per heavy atom. The fourth-order valence-corrected chi connectivity index (χ4v) is 6.75. The highest BCUT2D eigenvalue weighted by atomic mass is 32.3. The molecule has 5 rings (SSSR count). The van der Waals surface area contributed by atoms with Gasteiger partial charge in [-0.25, -0.2) is 4.79 Å². The van der Waals surface area contributed by atoms with Gasteiger partial charge in [0.05, 0.1) is 25.2 Å². The molecule has 3 atom stereocenters. The van der Waals surface area contributed by atoms with Crippen LogP contribution in [-0.4, -0.2) is 52.6 Å². The summed E-state index contributed by atoms with van der Waals surface area (Å²) in [6, 6.07) is 3.18. The van der Waals surface area contributed by atoms with Gasteiger partial charge in [-0.15, -0.1) is 0 Å². The lowest BCUT2D eigenvalue weighted by Gasteiger charge is -2.53. The number of hydrogen-bond acceptors (Lipinski definition) is 8. The van der Waals surface area contributed by atoms with Gasteiger partial charge in [0, 0.05) is 42.0 Å². The summed E-state index contributed by atoms with van der Waals surface area (Å²) < 4.78 is 51.0. The van der Waals surface area contributed by atoms with E-state index in [1.165, 1.54) is 20.3 Å². The fraction of sp³-hybridized carbons (Fsp3) is 0.500. The zero-order valence-corrected chi connectivity index (χ0v) is 18.9. The van der Waals surface area contributed by atoms with Gasteiger partial charge < -0.3 is 19.0 Å². The minimum atomic E-state index is -5.25. The second-order valence-electron chi connectivity index (χ2n) is 8.78. The van der Waals surface area contributed by atoms with E-state index in [2.05, 4.69) is 33.5 Å². The average molecular weight is 465 g/mol. The van der Waals surface area contributed by atoms with E-state index in [1.54, 1.807) is 6.07 Å². The molecule has 1 aliphatic carbocycles. The molecule has 1 spiro atoms. The molecule has 10 heteroatoms. The van der Waals surface area contributed by atoms with Crippen LogP contribution in [0.3, 0.4) is 0 Å². The summed E-state index contributed by atoms with van der Waals surface area (Å²) >= 11 is 0. The monoisotopic (exact) mass is 464 g/mol. The quantitative estimate of drug-likeness (QED) is 0.404. The van der Waals surface area contributed by atoms with Gasteiger partial charge in [0.1, 0.15) is 0 Å². The smallest absolute Gasteiger partial charge is 0.488 e. The topological polar surface area (TPSA) is 94.2 Å². The lowest BCUT2D eigenvalue weighted by Crippen LogP contribution is -2.58. The summed E-state index contributed by atoms with van der Waals surface area (Å²) in [4.78, 5) is 15.3. The first-order valence-electron chi connectivity index (χ1n) is 10.6. The van der Waals surface area contributed by atoms with Gasteiger partial charge in [0.2, 0.25) is 0 Å². The number of hydrogen-bond donors (Lipinski definition) is 1. The summed E-state index contributed by atoms with van der Waals surface area (Å²) in [6.07, 6.45) is 6.43. The number of esters is 1. The zero-order valence-electron chi connectivity index (χ0n) is 18.1. The van der Waals surface area contributed by atoms with Crippen LogP contribution in [0.2, 0.25) is 0 Å². The van der Waals surface area contributed by atoms with Gasteiger partial charge >= 0.3 is 16.5 Å². The second-order valence-corrected chi connectivity index (χ2v) is 9.73. The van der Waals surface area contributed by atoms with Crippen molar-refractivity contribution in [2.45, 2.75) is 37.6 Å². The SMILES string of the molecule is CC[C@]12C=CCN3CC[C@]4(C(=C(C(=O)OC)C1)Nc1cc(OC)c(OS(=O)(=O)F)cc14)[C@@H]32. The van der Waals surface area contributed by atoms with Crippen molar-refractivity contribution in [1.29, 1.82) is 0 Å². The van der Waals surface area contributed by atoms with E-state index in [0.29, 0.717) is 24.1 Å². The number of benzene rings is 1. The largest absolute Gasteiger partial charge is 0.493 e. The Kier molecular flexibility index (Phi) is 4.62. The van der Waals surface area contributed by atoms with Crippen molar-refractivity contribution in [2.24, 2.45) is 5.41 Å². The number of fused-ring (bicyclic) bond motifs is 1. The van der Waals surface area contributed by atoms with Crippen molar-refractivity contribution in [3.63, 3.8) is 0 Å². The first-order valence-corrected chi connectivity index (χ1v) is 11.9. The maximum Gasteiger partial charge on any atom is 0.488 e. The van der Waals surface area contributed by atoms with E-state index in [9.17, 15) is 17.1 Å². The normalized spacial score (nSPS) is 30.3. The van der Waals surface area contributed by atoms with Crippen molar-refractivity contribution in [3.8, 4) is 11.5 Å². The molecule has 0 radical (unpaired) electrons. The van der Waals surface area contributed by atoms with Crippen LogP contribution in [0.4, 0.5) is 9.57 Å². The lowest BCUT2D eigenvalue weighted by atomic mass is 9.55. The molecule has 0 unspecified atom stereocenters. The van der Waals surface area contributed by atoms with E-state index in [-0.39, 0.29) is 23.0 Å².